The summed E-state index contributed by atoms with van der Waals surface area (Å²) >= 11 is 0. The SMILES string of the molecule is O=CNC(c1ccccc1)(c1ccccc1)[C@H]1CCNC1. The third kappa shape index (κ3) is 2.45. The van der Waals surface area contributed by atoms with Gasteiger partial charge in [-0.25, -0.2) is 0 Å². The highest BCUT2D eigenvalue weighted by Gasteiger charge is 2.42. The van der Waals surface area contributed by atoms with Gasteiger partial charge in [0.25, 0.3) is 0 Å². The number of hydrogen-bond acceptors (Lipinski definition) is 2. The zero-order chi connectivity index (χ0) is 14.5. The van der Waals surface area contributed by atoms with E-state index in [0.717, 1.165) is 37.0 Å². The predicted octanol–water partition coefficient (Wildman–Crippen LogP) is 2.29. The molecule has 1 fully saturated rings. The molecule has 1 amide bonds. The molecular formula is C18H20N2O. The Balaban J connectivity index is 2.18. The summed E-state index contributed by atoms with van der Waals surface area (Å²) in [7, 11) is 0. The smallest absolute Gasteiger partial charge is 0.208 e. The number of amides is 1. The van der Waals surface area contributed by atoms with E-state index in [1.54, 1.807) is 0 Å². The lowest BCUT2D eigenvalue weighted by molar-refractivity contribution is -0.111. The van der Waals surface area contributed by atoms with Gasteiger partial charge >= 0.3 is 0 Å². The van der Waals surface area contributed by atoms with Gasteiger partial charge < -0.3 is 10.6 Å². The fraction of sp³-hybridized carbons (Fsp3) is 0.278. The Kier molecular flexibility index (Phi) is 4.02. The van der Waals surface area contributed by atoms with Crippen LogP contribution in [0, 0.1) is 5.92 Å². The summed E-state index contributed by atoms with van der Waals surface area (Å²) in [5, 5.41) is 6.57. The maximum absolute atomic E-state index is 11.4. The van der Waals surface area contributed by atoms with E-state index >= 15 is 0 Å². The molecule has 1 atom stereocenters. The number of rotatable bonds is 5. The second kappa shape index (κ2) is 6.10. The fourth-order valence-electron chi connectivity index (χ4n) is 3.44. The van der Waals surface area contributed by atoms with Crippen molar-refractivity contribution in [3.63, 3.8) is 0 Å². The Morgan fingerprint density at radius 2 is 1.57 bits per heavy atom. The van der Waals surface area contributed by atoms with Crippen LogP contribution in [-0.2, 0) is 10.3 Å². The van der Waals surface area contributed by atoms with Crippen molar-refractivity contribution in [2.45, 2.75) is 12.0 Å². The monoisotopic (exact) mass is 280 g/mol. The lowest BCUT2D eigenvalue weighted by atomic mass is 9.72. The van der Waals surface area contributed by atoms with Crippen LogP contribution in [0.1, 0.15) is 17.5 Å². The summed E-state index contributed by atoms with van der Waals surface area (Å²) in [5.41, 5.74) is 1.81. The summed E-state index contributed by atoms with van der Waals surface area (Å²) < 4.78 is 0. The molecule has 2 aromatic carbocycles. The predicted molar refractivity (Wildman–Crippen MR) is 83.8 cm³/mol. The van der Waals surface area contributed by atoms with Crippen molar-refractivity contribution >= 4 is 6.41 Å². The molecule has 0 unspecified atom stereocenters. The van der Waals surface area contributed by atoms with Gasteiger partial charge in [0.2, 0.25) is 6.41 Å². The maximum Gasteiger partial charge on any atom is 0.208 e. The second-order valence-electron chi connectivity index (χ2n) is 5.49. The molecule has 3 rings (SSSR count). The van der Waals surface area contributed by atoms with E-state index in [-0.39, 0.29) is 0 Å². The van der Waals surface area contributed by atoms with Crippen molar-refractivity contribution < 1.29 is 4.79 Å². The van der Waals surface area contributed by atoms with Crippen molar-refractivity contribution in [3.05, 3.63) is 71.8 Å². The summed E-state index contributed by atoms with van der Waals surface area (Å²) in [6.45, 7) is 1.90. The molecule has 0 saturated carbocycles. The lowest BCUT2D eigenvalue weighted by Gasteiger charge is -2.39. The number of carbonyl (C=O) groups is 1. The van der Waals surface area contributed by atoms with Gasteiger partial charge in [0.1, 0.15) is 0 Å². The zero-order valence-corrected chi connectivity index (χ0v) is 12.0. The van der Waals surface area contributed by atoms with E-state index < -0.39 is 5.54 Å². The second-order valence-corrected chi connectivity index (χ2v) is 5.49. The van der Waals surface area contributed by atoms with E-state index in [1.807, 2.05) is 36.4 Å². The molecule has 0 bridgehead atoms. The topological polar surface area (TPSA) is 41.1 Å². The van der Waals surface area contributed by atoms with Gasteiger partial charge in [-0.3, -0.25) is 4.79 Å². The van der Waals surface area contributed by atoms with E-state index in [1.165, 1.54) is 0 Å². The standard InChI is InChI=1S/C18H20N2O/c21-14-20-18(17-11-12-19-13-17,15-7-3-1-4-8-15)16-9-5-2-6-10-16/h1-10,14,17,19H,11-13H2,(H,20,21)/t17-/m0/s1. The van der Waals surface area contributed by atoms with Gasteiger partial charge in [-0.05, 0) is 24.1 Å². The molecule has 0 aliphatic carbocycles. The Bertz CT molecular complexity index is 537. The zero-order valence-electron chi connectivity index (χ0n) is 12.0. The van der Waals surface area contributed by atoms with Gasteiger partial charge in [0.15, 0.2) is 0 Å². The first-order valence-electron chi connectivity index (χ1n) is 7.41. The Morgan fingerprint density at radius 1 is 1.00 bits per heavy atom. The normalized spacial score (nSPS) is 18.4. The lowest BCUT2D eigenvalue weighted by Crippen LogP contribution is -2.49. The minimum absolute atomic E-state index is 0.340. The van der Waals surface area contributed by atoms with Crippen molar-refractivity contribution in [2.24, 2.45) is 5.92 Å². The summed E-state index contributed by atoms with van der Waals surface area (Å²) in [6, 6.07) is 20.5. The van der Waals surface area contributed by atoms with Crippen LogP contribution >= 0.6 is 0 Å². The molecule has 108 valence electrons. The molecule has 1 heterocycles. The van der Waals surface area contributed by atoms with Crippen LogP contribution < -0.4 is 10.6 Å². The fourth-order valence-corrected chi connectivity index (χ4v) is 3.44. The first kappa shape index (κ1) is 13.8. The van der Waals surface area contributed by atoms with Gasteiger partial charge in [-0.1, -0.05) is 60.7 Å². The van der Waals surface area contributed by atoms with Crippen molar-refractivity contribution in [3.8, 4) is 0 Å². The summed E-state index contributed by atoms with van der Waals surface area (Å²) in [5.74, 6) is 0.340. The Morgan fingerprint density at radius 3 is 2.00 bits per heavy atom. The molecule has 21 heavy (non-hydrogen) atoms. The van der Waals surface area contributed by atoms with E-state index in [0.29, 0.717) is 5.92 Å². The first-order valence-corrected chi connectivity index (χ1v) is 7.41. The van der Waals surface area contributed by atoms with Crippen LogP contribution in [0.3, 0.4) is 0 Å². The average molecular weight is 280 g/mol. The van der Waals surface area contributed by atoms with Crippen LogP contribution in [0.25, 0.3) is 0 Å². The Hall–Kier alpha value is -2.13. The highest BCUT2D eigenvalue weighted by atomic mass is 16.1. The molecule has 2 aromatic rings. The van der Waals surface area contributed by atoms with Gasteiger partial charge in [-0.15, -0.1) is 0 Å². The number of benzene rings is 2. The van der Waals surface area contributed by atoms with Crippen molar-refractivity contribution in [1.29, 1.82) is 0 Å². The minimum Gasteiger partial charge on any atom is -0.345 e. The van der Waals surface area contributed by atoms with Crippen molar-refractivity contribution in [2.75, 3.05) is 13.1 Å². The summed E-state index contributed by atoms with van der Waals surface area (Å²) in [6.07, 6.45) is 1.88. The molecule has 1 saturated heterocycles. The van der Waals surface area contributed by atoms with Crippen LogP contribution in [-0.4, -0.2) is 19.5 Å². The van der Waals surface area contributed by atoms with Crippen molar-refractivity contribution in [1.82, 2.24) is 10.6 Å². The molecule has 3 heteroatoms. The molecule has 0 aromatic heterocycles. The molecule has 0 spiro atoms. The molecule has 1 aliphatic heterocycles. The maximum atomic E-state index is 11.4. The van der Waals surface area contributed by atoms with Crippen LogP contribution in [0.5, 0.6) is 0 Å². The van der Waals surface area contributed by atoms with E-state index in [2.05, 4.69) is 34.9 Å². The van der Waals surface area contributed by atoms with Crippen LogP contribution in [0.2, 0.25) is 0 Å². The number of carbonyl (C=O) groups excluding carboxylic acids is 1. The third-order valence-corrected chi connectivity index (χ3v) is 4.42. The number of nitrogens with one attached hydrogen (secondary N) is 2. The van der Waals surface area contributed by atoms with Gasteiger partial charge in [-0.2, -0.15) is 0 Å². The average Bonchev–Trinajstić information content (AvgIpc) is 3.09. The number of hydrogen-bond donors (Lipinski definition) is 2. The van der Waals surface area contributed by atoms with Gasteiger partial charge in [0, 0.05) is 12.5 Å². The molecule has 2 N–H and O–H groups in total. The minimum atomic E-state index is -0.465. The Labute approximate surface area is 125 Å². The molecule has 3 nitrogen and oxygen atoms in total. The van der Waals surface area contributed by atoms with Crippen LogP contribution in [0.4, 0.5) is 0 Å². The van der Waals surface area contributed by atoms with E-state index in [9.17, 15) is 4.79 Å². The molecule has 0 radical (unpaired) electrons. The summed E-state index contributed by atoms with van der Waals surface area (Å²) in [4.78, 5) is 11.4. The largest absolute Gasteiger partial charge is 0.345 e. The van der Waals surface area contributed by atoms with Gasteiger partial charge in [0.05, 0.1) is 5.54 Å². The molecular weight excluding hydrogens is 260 g/mol. The van der Waals surface area contributed by atoms with E-state index in [4.69, 9.17) is 0 Å². The molecule has 1 aliphatic rings. The quantitative estimate of drug-likeness (QED) is 0.825. The first-order chi connectivity index (χ1) is 10.4. The third-order valence-electron chi connectivity index (χ3n) is 4.42. The highest BCUT2D eigenvalue weighted by molar-refractivity contribution is 5.54. The highest BCUT2D eigenvalue weighted by Crippen LogP contribution is 2.39. The van der Waals surface area contributed by atoms with Crippen LogP contribution in [0.15, 0.2) is 60.7 Å².